The van der Waals surface area contributed by atoms with Crippen molar-refractivity contribution in [2.24, 2.45) is 0 Å². The molecular formula is C29H16F6I2O4. The highest BCUT2D eigenvalue weighted by Crippen LogP contribution is 2.56. The lowest BCUT2D eigenvalue weighted by molar-refractivity contribution is -0.288. The Morgan fingerprint density at radius 1 is 0.488 bits per heavy atom. The summed E-state index contributed by atoms with van der Waals surface area (Å²) in [5.41, 5.74) is -6.42. The maximum absolute atomic E-state index is 14.5. The molecule has 12 heteroatoms. The summed E-state index contributed by atoms with van der Waals surface area (Å²) in [7, 11) is 0. The Kier molecular flexibility index (Phi) is 9.01. The fraction of sp³-hybridized carbons (Fsp3) is 0.103. The van der Waals surface area contributed by atoms with Crippen LogP contribution >= 0.6 is 45.2 Å². The fourth-order valence-corrected chi connectivity index (χ4v) is 4.75. The molecule has 0 heterocycles. The normalized spacial score (nSPS) is 12.1. The van der Waals surface area contributed by atoms with Crippen molar-refractivity contribution in [3.63, 3.8) is 0 Å². The van der Waals surface area contributed by atoms with Gasteiger partial charge in [-0.2, -0.15) is 26.3 Å². The predicted molar refractivity (Wildman–Crippen MR) is 154 cm³/mol. The molecule has 0 saturated carbocycles. The summed E-state index contributed by atoms with van der Waals surface area (Å²) in [6.07, 6.45) is -11.7. The third-order valence-corrected chi connectivity index (χ3v) is 7.44. The van der Waals surface area contributed by atoms with Crippen LogP contribution in [-0.4, -0.2) is 24.3 Å². The number of esters is 2. The van der Waals surface area contributed by atoms with Gasteiger partial charge in [-0.15, -0.1) is 0 Å². The van der Waals surface area contributed by atoms with Crippen LogP contribution < -0.4 is 9.47 Å². The van der Waals surface area contributed by atoms with E-state index in [0.29, 0.717) is 24.3 Å². The monoisotopic (exact) mass is 796 g/mol. The van der Waals surface area contributed by atoms with Crippen LogP contribution in [-0.2, 0) is 5.41 Å². The molecule has 0 aliphatic carbocycles. The van der Waals surface area contributed by atoms with E-state index in [0.717, 1.165) is 31.4 Å². The van der Waals surface area contributed by atoms with Gasteiger partial charge in [-0.3, -0.25) is 0 Å². The minimum absolute atomic E-state index is 0.150. The quantitative estimate of drug-likeness (QED) is 0.0849. The minimum Gasteiger partial charge on any atom is -0.423 e. The van der Waals surface area contributed by atoms with Crippen molar-refractivity contribution >= 4 is 57.1 Å². The van der Waals surface area contributed by atoms with Crippen molar-refractivity contribution < 1.29 is 45.4 Å². The summed E-state index contributed by atoms with van der Waals surface area (Å²) in [4.78, 5) is 24.7. The molecule has 0 atom stereocenters. The molecule has 0 unspecified atom stereocenters. The van der Waals surface area contributed by atoms with Crippen LogP contribution in [0.15, 0.2) is 97.1 Å². The molecule has 212 valence electrons. The van der Waals surface area contributed by atoms with E-state index in [4.69, 9.17) is 9.47 Å². The Labute approximate surface area is 256 Å². The highest BCUT2D eigenvalue weighted by atomic mass is 127. The second kappa shape index (κ2) is 12.0. The molecule has 0 aliphatic heterocycles. The summed E-state index contributed by atoms with van der Waals surface area (Å²) < 4.78 is 98.8. The van der Waals surface area contributed by atoms with Crippen molar-refractivity contribution in [2.45, 2.75) is 17.8 Å². The van der Waals surface area contributed by atoms with Gasteiger partial charge in [0, 0.05) is 7.14 Å². The Morgan fingerprint density at radius 3 is 1.05 bits per heavy atom. The molecule has 0 radical (unpaired) electrons. The minimum atomic E-state index is -5.83. The van der Waals surface area contributed by atoms with Crippen LogP contribution in [0.3, 0.4) is 0 Å². The van der Waals surface area contributed by atoms with Gasteiger partial charge in [0.1, 0.15) is 11.5 Å². The van der Waals surface area contributed by atoms with Crippen LogP contribution in [0, 0.1) is 7.14 Å². The average Bonchev–Trinajstić information content (AvgIpc) is 2.90. The van der Waals surface area contributed by atoms with Gasteiger partial charge in [-0.25, -0.2) is 9.59 Å². The zero-order valence-corrected chi connectivity index (χ0v) is 24.7. The van der Waals surface area contributed by atoms with Crippen LogP contribution in [0.5, 0.6) is 11.5 Å². The number of carbonyl (C=O) groups excluding carboxylic acids is 2. The van der Waals surface area contributed by atoms with Crippen LogP contribution in [0.1, 0.15) is 31.8 Å². The van der Waals surface area contributed by atoms with E-state index in [2.05, 4.69) is 0 Å². The summed E-state index contributed by atoms with van der Waals surface area (Å²) >= 11 is 4.05. The van der Waals surface area contributed by atoms with Gasteiger partial charge in [0.05, 0.1) is 11.1 Å². The lowest BCUT2D eigenvalue weighted by Crippen LogP contribution is -2.54. The van der Waals surface area contributed by atoms with E-state index in [-0.39, 0.29) is 22.6 Å². The number of carbonyl (C=O) groups is 2. The second-order valence-electron chi connectivity index (χ2n) is 8.59. The van der Waals surface area contributed by atoms with Crippen molar-refractivity contribution in [1.29, 1.82) is 0 Å². The number of benzene rings is 4. The van der Waals surface area contributed by atoms with Gasteiger partial charge in [0.2, 0.25) is 5.41 Å². The van der Waals surface area contributed by atoms with Crippen molar-refractivity contribution in [3.8, 4) is 11.5 Å². The molecule has 4 rings (SSSR count). The third-order valence-electron chi connectivity index (χ3n) is 6.01. The maximum Gasteiger partial charge on any atom is 0.411 e. The molecule has 4 nitrogen and oxygen atoms in total. The van der Waals surface area contributed by atoms with Gasteiger partial charge in [-0.05, 0) is 129 Å². The first kappa shape index (κ1) is 30.8. The fourth-order valence-electron chi connectivity index (χ4n) is 4.03. The molecule has 0 aromatic heterocycles. The summed E-state index contributed by atoms with van der Waals surface area (Å²) in [6.45, 7) is 0. The van der Waals surface area contributed by atoms with E-state index in [1.165, 1.54) is 24.3 Å². The maximum atomic E-state index is 14.5. The lowest BCUT2D eigenvalue weighted by atomic mass is 9.73. The predicted octanol–water partition coefficient (Wildman–Crippen LogP) is 8.74. The van der Waals surface area contributed by atoms with Gasteiger partial charge >= 0.3 is 24.3 Å². The van der Waals surface area contributed by atoms with Crippen molar-refractivity contribution in [1.82, 2.24) is 0 Å². The van der Waals surface area contributed by atoms with Gasteiger partial charge in [0.25, 0.3) is 0 Å². The summed E-state index contributed by atoms with van der Waals surface area (Å²) in [5, 5.41) is 0. The van der Waals surface area contributed by atoms with E-state index in [1.54, 1.807) is 24.3 Å². The van der Waals surface area contributed by atoms with Crippen LogP contribution in [0.25, 0.3) is 0 Å². The molecule has 0 bridgehead atoms. The zero-order valence-electron chi connectivity index (χ0n) is 20.4. The van der Waals surface area contributed by atoms with E-state index >= 15 is 0 Å². The molecule has 0 N–H and O–H groups in total. The summed E-state index contributed by atoms with van der Waals surface area (Å²) in [5.74, 6) is -2.15. The molecule has 0 saturated heterocycles. The number of hydrogen-bond donors (Lipinski definition) is 0. The number of halogens is 8. The third kappa shape index (κ3) is 6.52. The number of alkyl halides is 6. The number of hydrogen-bond acceptors (Lipinski definition) is 4. The lowest BCUT2D eigenvalue weighted by Gasteiger charge is -2.38. The van der Waals surface area contributed by atoms with Gasteiger partial charge < -0.3 is 9.47 Å². The SMILES string of the molecule is O=C(Oc1ccc(C(c2ccc(OC(=O)c3ccc(I)cc3)cc2)(C(F)(F)F)C(F)(F)F)cc1)c1ccc(I)cc1. The first-order chi connectivity index (χ1) is 19.2. The largest absolute Gasteiger partial charge is 0.423 e. The molecular weight excluding hydrogens is 780 g/mol. The molecule has 4 aromatic rings. The molecule has 0 amide bonds. The van der Waals surface area contributed by atoms with E-state index in [9.17, 15) is 35.9 Å². The Hall–Kier alpha value is -3.14. The first-order valence-electron chi connectivity index (χ1n) is 11.5. The van der Waals surface area contributed by atoms with E-state index < -0.39 is 40.8 Å². The molecule has 4 aromatic carbocycles. The van der Waals surface area contributed by atoms with Crippen molar-refractivity contribution in [3.05, 3.63) is 126 Å². The molecule has 0 fully saturated rings. The average molecular weight is 796 g/mol. The first-order valence-corrected chi connectivity index (χ1v) is 13.7. The zero-order chi connectivity index (χ0) is 30.0. The van der Waals surface area contributed by atoms with E-state index in [1.807, 2.05) is 45.2 Å². The molecule has 0 spiro atoms. The Balaban J connectivity index is 1.66. The van der Waals surface area contributed by atoms with Gasteiger partial charge in [0.15, 0.2) is 0 Å². The standard InChI is InChI=1S/C29H16F6I2O4/c30-28(31,32)27(29(33,34)35,19-5-13-23(14-6-19)40-25(38)17-1-9-21(36)10-2-17)20-7-15-24(16-8-20)41-26(39)18-3-11-22(37)12-4-18/h1-16H. The molecule has 0 aliphatic rings. The van der Waals surface area contributed by atoms with Crippen LogP contribution in [0.4, 0.5) is 26.3 Å². The number of ether oxygens (including phenoxy) is 2. The summed E-state index contributed by atoms with van der Waals surface area (Å²) in [6, 6.07) is 18.3. The number of rotatable bonds is 6. The molecule has 41 heavy (non-hydrogen) atoms. The highest BCUT2D eigenvalue weighted by molar-refractivity contribution is 14.1. The Bertz CT molecular complexity index is 1410. The van der Waals surface area contributed by atoms with Gasteiger partial charge in [-0.1, -0.05) is 24.3 Å². The Morgan fingerprint density at radius 2 is 0.780 bits per heavy atom. The highest BCUT2D eigenvalue weighted by Gasteiger charge is 2.72. The van der Waals surface area contributed by atoms with Crippen molar-refractivity contribution in [2.75, 3.05) is 0 Å². The smallest absolute Gasteiger partial charge is 0.411 e. The van der Waals surface area contributed by atoms with Crippen LogP contribution in [0.2, 0.25) is 0 Å². The topological polar surface area (TPSA) is 52.6 Å². The second-order valence-corrected chi connectivity index (χ2v) is 11.1.